The molecule has 0 radical (unpaired) electrons. The summed E-state index contributed by atoms with van der Waals surface area (Å²) in [6.07, 6.45) is 0.690. The number of oxazole rings is 1. The molecule has 0 spiro atoms. The molecular formula is C24H21F2N3O6. The summed E-state index contributed by atoms with van der Waals surface area (Å²) in [5.74, 6) is -2.27. The van der Waals surface area contributed by atoms with Crippen molar-refractivity contribution in [2.24, 2.45) is 0 Å². The first-order chi connectivity index (χ1) is 16.7. The van der Waals surface area contributed by atoms with Crippen LogP contribution < -0.4 is 14.2 Å². The summed E-state index contributed by atoms with van der Waals surface area (Å²) in [5, 5.41) is 8.88. The number of aromatic nitrogens is 3. The van der Waals surface area contributed by atoms with E-state index in [9.17, 15) is 13.6 Å². The molecule has 0 aliphatic carbocycles. The van der Waals surface area contributed by atoms with Crippen LogP contribution in [-0.4, -0.2) is 39.2 Å². The zero-order chi connectivity index (χ0) is 25.1. The summed E-state index contributed by atoms with van der Waals surface area (Å²) in [7, 11) is 0. The molecule has 2 aromatic heterocycles. The monoisotopic (exact) mass is 485 g/mol. The summed E-state index contributed by atoms with van der Waals surface area (Å²) >= 11 is 0. The van der Waals surface area contributed by atoms with Crippen molar-refractivity contribution in [1.29, 1.82) is 0 Å². The quantitative estimate of drug-likeness (QED) is 0.340. The zero-order valence-corrected chi connectivity index (χ0v) is 19.1. The van der Waals surface area contributed by atoms with E-state index in [4.69, 9.17) is 23.7 Å². The molecule has 0 atom stereocenters. The predicted octanol–water partition coefficient (Wildman–Crippen LogP) is 5.22. The Hall–Kier alpha value is -4.28. The van der Waals surface area contributed by atoms with Gasteiger partial charge in [-0.25, -0.2) is 18.6 Å². The zero-order valence-electron chi connectivity index (χ0n) is 19.1. The van der Waals surface area contributed by atoms with Gasteiger partial charge in [0.05, 0.1) is 6.61 Å². The number of aryl methyl sites for hydroxylation is 2. The number of ether oxygens (including phenoxy) is 3. The lowest BCUT2D eigenvalue weighted by molar-refractivity contribution is -0.139. The van der Waals surface area contributed by atoms with Crippen LogP contribution in [0.2, 0.25) is 0 Å². The second kappa shape index (κ2) is 9.92. The first kappa shape index (κ1) is 23.9. The van der Waals surface area contributed by atoms with E-state index >= 15 is 0 Å². The van der Waals surface area contributed by atoms with Crippen LogP contribution in [0.25, 0.3) is 22.7 Å². The number of nitrogens with zero attached hydrogens (tertiary/aromatic N) is 3. The number of benzene rings is 2. The van der Waals surface area contributed by atoms with Crippen LogP contribution in [-0.2, 0) is 4.79 Å². The van der Waals surface area contributed by atoms with Crippen molar-refractivity contribution in [3.63, 3.8) is 0 Å². The topological polar surface area (TPSA) is 117 Å². The van der Waals surface area contributed by atoms with Gasteiger partial charge in [0.25, 0.3) is 11.6 Å². The molecule has 4 rings (SSSR count). The van der Waals surface area contributed by atoms with E-state index in [0.29, 0.717) is 41.5 Å². The van der Waals surface area contributed by atoms with E-state index in [2.05, 4.69) is 15.0 Å². The largest absolute Gasteiger partial charge is 0.481 e. The summed E-state index contributed by atoms with van der Waals surface area (Å²) in [4.78, 5) is 23.7. The van der Waals surface area contributed by atoms with Gasteiger partial charge in [-0.2, -0.15) is 9.97 Å². The standard InChI is InChI=1S/C24H21F2N3O6/c1-4-7-32-22-19-23(29-24(28-22)34-17-6-5-15(25)10-16(17)26)35-21(27-19)14-8-12(2)20(13(3)9-14)33-11-18(30)31/h5-6,8-10H,4,7,11H2,1-3H3,(H,30,31). The summed E-state index contributed by atoms with van der Waals surface area (Å²) in [6.45, 7) is 5.32. The van der Waals surface area contributed by atoms with Crippen molar-refractivity contribution < 1.29 is 37.3 Å². The molecule has 0 aliphatic heterocycles. The Bertz CT molecular complexity index is 1380. The predicted molar refractivity (Wildman–Crippen MR) is 120 cm³/mol. The number of carboxylic acid groups (broad SMARTS) is 1. The van der Waals surface area contributed by atoms with E-state index in [-0.39, 0.29) is 34.8 Å². The molecule has 0 amide bonds. The third kappa shape index (κ3) is 5.29. The van der Waals surface area contributed by atoms with Crippen molar-refractivity contribution in [3.8, 4) is 34.8 Å². The minimum absolute atomic E-state index is 0.0418. The van der Waals surface area contributed by atoms with Crippen LogP contribution in [0.15, 0.2) is 34.7 Å². The fraction of sp³-hybridized carbons (Fsp3) is 0.250. The van der Waals surface area contributed by atoms with Crippen molar-refractivity contribution in [3.05, 3.63) is 53.1 Å². The molecule has 2 heterocycles. The lowest BCUT2D eigenvalue weighted by atomic mass is 10.1. The molecule has 35 heavy (non-hydrogen) atoms. The smallest absolute Gasteiger partial charge is 0.341 e. The fourth-order valence-corrected chi connectivity index (χ4v) is 3.34. The lowest BCUT2D eigenvalue weighted by Gasteiger charge is -2.11. The van der Waals surface area contributed by atoms with Gasteiger partial charge in [-0.3, -0.25) is 0 Å². The maximum Gasteiger partial charge on any atom is 0.341 e. The Morgan fingerprint density at radius 3 is 2.46 bits per heavy atom. The van der Waals surface area contributed by atoms with Crippen molar-refractivity contribution in [1.82, 2.24) is 15.0 Å². The highest BCUT2D eigenvalue weighted by Crippen LogP contribution is 2.34. The van der Waals surface area contributed by atoms with E-state index in [1.807, 2.05) is 6.92 Å². The van der Waals surface area contributed by atoms with Gasteiger partial charge < -0.3 is 23.7 Å². The number of hydrogen-bond acceptors (Lipinski definition) is 8. The molecule has 0 aliphatic rings. The molecule has 182 valence electrons. The summed E-state index contributed by atoms with van der Waals surface area (Å²) in [6, 6.07) is 6.06. The van der Waals surface area contributed by atoms with Gasteiger partial charge in [-0.15, -0.1) is 0 Å². The highest BCUT2D eigenvalue weighted by Gasteiger charge is 2.20. The number of aliphatic carboxylic acids is 1. The van der Waals surface area contributed by atoms with Crippen molar-refractivity contribution in [2.75, 3.05) is 13.2 Å². The number of rotatable bonds is 9. The molecule has 0 fully saturated rings. The van der Waals surface area contributed by atoms with Gasteiger partial charge in [0.15, 0.2) is 23.7 Å². The van der Waals surface area contributed by atoms with E-state index < -0.39 is 24.2 Å². The van der Waals surface area contributed by atoms with Gasteiger partial charge >= 0.3 is 12.0 Å². The van der Waals surface area contributed by atoms with Crippen LogP contribution in [0.1, 0.15) is 24.5 Å². The van der Waals surface area contributed by atoms with Crippen molar-refractivity contribution >= 4 is 17.2 Å². The van der Waals surface area contributed by atoms with E-state index in [0.717, 1.165) is 12.1 Å². The number of hydrogen-bond donors (Lipinski definition) is 1. The van der Waals surface area contributed by atoms with E-state index in [1.54, 1.807) is 26.0 Å². The Kier molecular flexibility index (Phi) is 6.76. The Balaban J connectivity index is 1.73. The Morgan fingerprint density at radius 1 is 1.06 bits per heavy atom. The van der Waals surface area contributed by atoms with Crippen LogP contribution >= 0.6 is 0 Å². The second-order valence-corrected chi connectivity index (χ2v) is 7.63. The van der Waals surface area contributed by atoms with Gasteiger partial charge in [-0.05, 0) is 55.7 Å². The fourth-order valence-electron chi connectivity index (χ4n) is 3.34. The van der Waals surface area contributed by atoms with Gasteiger partial charge in [0, 0.05) is 11.6 Å². The summed E-state index contributed by atoms with van der Waals surface area (Å²) < 4.78 is 49.6. The number of fused-ring (bicyclic) bond motifs is 1. The Morgan fingerprint density at radius 2 is 1.80 bits per heavy atom. The molecule has 9 nitrogen and oxygen atoms in total. The maximum absolute atomic E-state index is 14.1. The normalized spacial score (nSPS) is 11.0. The highest BCUT2D eigenvalue weighted by atomic mass is 19.1. The highest BCUT2D eigenvalue weighted by molar-refractivity contribution is 5.78. The van der Waals surface area contributed by atoms with Crippen LogP contribution in [0.5, 0.6) is 23.4 Å². The van der Waals surface area contributed by atoms with Crippen LogP contribution in [0.4, 0.5) is 8.78 Å². The molecule has 4 aromatic rings. The van der Waals surface area contributed by atoms with Gasteiger partial charge in [0.1, 0.15) is 11.6 Å². The molecule has 0 bridgehead atoms. The molecular weight excluding hydrogens is 464 g/mol. The molecule has 2 aromatic carbocycles. The number of carbonyl (C=O) groups is 1. The third-order valence-electron chi connectivity index (χ3n) is 4.79. The van der Waals surface area contributed by atoms with Gasteiger partial charge in [-0.1, -0.05) is 6.92 Å². The maximum atomic E-state index is 14.1. The minimum Gasteiger partial charge on any atom is -0.481 e. The average molecular weight is 485 g/mol. The summed E-state index contributed by atoms with van der Waals surface area (Å²) in [5.41, 5.74) is 2.25. The minimum atomic E-state index is -1.08. The van der Waals surface area contributed by atoms with Crippen LogP contribution in [0.3, 0.4) is 0 Å². The van der Waals surface area contributed by atoms with E-state index in [1.165, 1.54) is 0 Å². The lowest BCUT2D eigenvalue weighted by Crippen LogP contribution is -2.10. The van der Waals surface area contributed by atoms with Crippen molar-refractivity contribution in [2.45, 2.75) is 27.2 Å². The van der Waals surface area contributed by atoms with Crippen LogP contribution in [0, 0.1) is 25.5 Å². The Labute approximate surface area is 198 Å². The molecule has 0 saturated carbocycles. The average Bonchev–Trinajstić information content (AvgIpc) is 3.23. The molecule has 1 N–H and O–H groups in total. The second-order valence-electron chi connectivity index (χ2n) is 7.63. The molecule has 11 heteroatoms. The first-order valence-corrected chi connectivity index (χ1v) is 10.7. The van der Waals surface area contributed by atoms with Gasteiger partial charge in [0.2, 0.25) is 5.89 Å². The first-order valence-electron chi connectivity index (χ1n) is 10.7. The number of halogens is 2. The molecule has 0 unspecified atom stereocenters. The molecule has 0 saturated heterocycles. The third-order valence-corrected chi connectivity index (χ3v) is 4.79. The number of carboxylic acids is 1. The SMILES string of the molecule is CCCOc1nc(Oc2ccc(F)cc2F)nc2oc(-c3cc(C)c(OCC(=O)O)c(C)c3)nc12.